The van der Waals surface area contributed by atoms with Gasteiger partial charge in [-0.3, -0.25) is 4.79 Å². The smallest absolute Gasteiger partial charge is 0.261 e. The molecule has 16 heavy (non-hydrogen) atoms. The molecule has 0 bridgehead atoms. The SMILES string of the molecule is CCCCNC(=O)c1ccc(C#CCO)s1. The van der Waals surface area contributed by atoms with Gasteiger partial charge in [0.15, 0.2) is 0 Å². The van der Waals surface area contributed by atoms with Gasteiger partial charge in [-0.05, 0) is 18.6 Å². The molecule has 0 aromatic carbocycles. The summed E-state index contributed by atoms with van der Waals surface area (Å²) < 4.78 is 0. The first-order chi connectivity index (χ1) is 7.77. The molecule has 1 amide bonds. The molecule has 0 fully saturated rings. The van der Waals surface area contributed by atoms with Crippen LogP contribution in [0.1, 0.15) is 34.3 Å². The zero-order valence-corrected chi connectivity index (χ0v) is 10.1. The quantitative estimate of drug-likeness (QED) is 0.617. The highest BCUT2D eigenvalue weighted by Gasteiger charge is 2.06. The van der Waals surface area contributed by atoms with Gasteiger partial charge in [-0.15, -0.1) is 11.3 Å². The van der Waals surface area contributed by atoms with Crippen LogP contribution in [0.2, 0.25) is 0 Å². The van der Waals surface area contributed by atoms with Crippen molar-refractivity contribution in [2.24, 2.45) is 0 Å². The van der Waals surface area contributed by atoms with Crippen molar-refractivity contribution in [1.82, 2.24) is 5.32 Å². The summed E-state index contributed by atoms with van der Waals surface area (Å²) in [6.45, 7) is 2.64. The Bertz CT molecular complexity index is 401. The molecule has 3 nitrogen and oxygen atoms in total. The van der Waals surface area contributed by atoms with Crippen LogP contribution >= 0.6 is 11.3 Å². The van der Waals surface area contributed by atoms with Crippen LogP contribution in [-0.4, -0.2) is 24.2 Å². The lowest BCUT2D eigenvalue weighted by molar-refractivity contribution is 0.0957. The molecule has 0 unspecified atom stereocenters. The highest BCUT2D eigenvalue weighted by Crippen LogP contribution is 2.15. The number of aliphatic hydroxyl groups excluding tert-OH is 1. The van der Waals surface area contributed by atoms with E-state index in [9.17, 15) is 4.79 Å². The fourth-order valence-corrected chi connectivity index (χ4v) is 1.92. The van der Waals surface area contributed by atoms with Gasteiger partial charge in [0.25, 0.3) is 5.91 Å². The maximum Gasteiger partial charge on any atom is 0.261 e. The lowest BCUT2D eigenvalue weighted by Gasteiger charge is -2.00. The van der Waals surface area contributed by atoms with E-state index in [0.717, 1.165) is 17.7 Å². The summed E-state index contributed by atoms with van der Waals surface area (Å²) >= 11 is 1.34. The first-order valence-corrected chi connectivity index (χ1v) is 6.07. The van der Waals surface area contributed by atoms with Gasteiger partial charge in [0.1, 0.15) is 6.61 Å². The molecule has 0 aliphatic rings. The molecule has 0 aliphatic carbocycles. The summed E-state index contributed by atoms with van der Waals surface area (Å²) in [6.07, 6.45) is 2.06. The standard InChI is InChI=1S/C12H15NO2S/c1-2-3-8-13-12(15)11-7-6-10(16-11)5-4-9-14/h6-7,14H,2-3,8-9H2,1H3,(H,13,15). The van der Waals surface area contributed by atoms with Gasteiger partial charge >= 0.3 is 0 Å². The normalized spacial score (nSPS) is 9.38. The number of carbonyl (C=O) groups is 1. The lowest BCUT2D eigenvalue weighted by Crippen LogP contribution is -2.23. The third kappa shape index (κ3) is 4.05. The van der Waals surface area contributed by atoms with Crippen LogP contribution in [0.5, 0.6) is 0 Å². The molecule has 0 spiro atoms. The van der Waals surface area contributed by atoms with E-state index in [1.165, 1.54) is 11.3 Å². The van der Waals surface area contributed by atoms with Gasteiger partial charge in [0.05, 0.1) is 9.75 Å². The second-order valence-corrected chi connectivity index (χ2v) is 4.32. The van der Waals surface area contributed by atoms with E-state index in [1.807, 2.05) is 0 Å². The van der Waals surface area contributed by atoms with Crippen molar-refractivity contribution in [2.45, 2.75) is 19.8 Å². The van der Waals surface area contributed by atoms with Crippen molar-refractivity contribution >= 4 is 17.2 Å². The first-order valence-electron chi connectivity index (χ1n) is 5.25. The number of amides is 1. The van der Waals surface area contributed by atoms with Gasteiger partial charge < -0.3 is 10.4 Å². The van der Waals surface area contributed by atoms with E-state index < -0.39 is 0 Å². The molecule has 2 N–H and O–H groups in total. The Kier molecular flexibility index (Phi) is 5.62. The molecule has 4 heteroatoms. The number of carbonyl (C=O) groups excluding carboxylic acids is 1. The second-order valence-electron chi connectivity index (χ2n) is 3.23. The summed E-state index contributed by atoms with van der Waals surface area (Å²) in [5.74, 6) is 5.28. The van der Waals surface area contributed by atoms with Crippen molar-refractivity contribution in [2.75, 3.05) is 13.2 Å². The molecule has 0 radical (unpaired) electrons. The Hall–Kier alpha value is -1.31. The lowest BCUT2D eigenvalue weighted by atomic mass is 10.3. The Morgan fingerprint density at radius 3 is 3.06 bits per heavy atom. The maximum atomic E-state index is 11.6. The summed E-state index contributed by atoms with van der Waals surface area (Å²) in [5.41, 5.74) is 0. The topological polar surface area (TPSA) is 49.3 Å². The van der Waals surface area contributed by atoms with Gasteiger partial charge in [-0.2, -0.15) is 0 Å². The van der Waals surface area contributed by atoms with Crippen molar-refractivity contribution in [3.05, 3.63) is 21.9 Å². The summed E-state index contributed by atoms with van der Waals surface area (Å²) in [5, 5.41) is 11.4. The molecule has 0 saturated carbocycles. The van der Waals surface area contributed by atoms with Crippen LogP contribution in [-0.2, 0) is 0 Å². The van der Waals surface area contributed by atoms with E-state index in [1.54, 1.807) is 12.1 Å². The highest BCUT2D eigenvalue weighted by molar-refractivity contribution is 7.14. The molecule has 1 heterocycles. The van der Waals surface area contributed by atoms with Crippen LogP contribution in [0.25, 0.3) is 0 Å². The van der Waals surface area contributed by atoms with Gasteiger partial charge in [0.2, 0.25) is 0 Å². The Morgan fingerprint density at radius 1 is 1.56 bits per heavy atom. The molecule has 0 atom stereocenters. The molecule has 0 aliphatic heterocycles. The molecule has 86 valence electrons. The monoisotopic (exact) mass is 237 g/mol. The third-order valence-electron chi connectivity index (χ3n) is 1.94. The second kappa shape index (κ2) is 7.04. The predicted octanol–water partition coefficient (Wildman–Crippen LogP) is 1.62. The van der Waals surface area contributed by atoms with E-state index in [2.05, 4.69) is 24.1 Å². The molecular formula is C12H15NO2S. The van der Waals surface area contributed by atoms with Crippen molar-refractivity contribution in [3.63, 3.8) is 0 Å². The Balaban J connectivity index is 2.53. The largest absolute Gasteiger partial charge is 0.384 e. The highest BCUT2D eigenvalue weighted by atomic mass is 32.1. The number of thiophene rings is 1. The fourth-order valence-electron chi connectivity index (χ4n) is 1.12. The maximum absolute atomic E-state index is 11.6. The van der Waals surface area contributed by atoms with Gasteiger partial charge in [0, 0.05) is 6.54 Å². The van der Waals surface area contributed by atoms with Gasteiger partial charge in [-0.1, -0.05) is 25.2 Å². The van der Waals surface area contributed by atoms with E-state index in [0.29, 0.717) is 11.4 Å². The minimum absolute atomic E-state index is 0.0458. The van der Waals surface area contributed by atoms with Crippen LogP contribution in [0.3, 0.4) is 0 Å². The van der Waals surface area contributed by atoms with Gasteiger partial charge in [-0.25, -0.2) is 0 Å². The average molecular weight is 237 g/mol. The number of aliphatic hydroxyl groups is 1. The summed E-state index contributed by atoms with van der Waals surface area (Å²) in [4.78, 5) is 13.1. The zero-order valence-electron chi connectivity index (χ0n) is 9.25. The van der Waals surface area contributed by atoms with Crippen molar-refractivity contribution < 1.29 is 9.90 Å². The Labute approximate surface area is 99.5 Å². The zero-order chi connectivity index (χ0) is 11.8. The third-order valence-corrected chi connectivity index (χ3v) is 2.94. The van der Waals surface area contributed by atoms with Crippen molar-refractivity contribution in [3.8, 4) is 11.8 Å². The van der Waals surface area contributed by atoms with E-state index in [4.69, 9.17) is 5.11 Å². The minimum Gasteiger partial charge on any atom is -0.384 e. The molecule has 1 aromatic heterocycles. The van der Waals surface area contributed by atoms with Crippen molar-refractivity contribution in [1.29, 1.82) is 0 Å². The first kappa shape index (κ1) is 12.8. The Morgan fingerprint density at radius 2 is 2.38 bits per heavy atom. The van der Waals surface area contributed by atoms with Crippen LogP contribution in [0.4, 0.5) is 0 Å². The van der Waals surface area contributed by atoms with Crippen LogP contribution in [0, 0.1) is 11.8 Å². The number of nitrogens with one attached hydrogen (secondary N) is 1. The number of unbranched alkanes of at least 4 members (excludes halogenated alkanes) is 1. The van der Waals surface area contributed by atoms with E-state index >= 15 is 0 Å². The fraction of sp³-hybridized carbons (Fsp3) is 0.417. The molecule has 1 rings (SSSR count). The number of rotatable bonds is 4. The summed E-state index contributed by atoms with van der Waals surface area (Å²) in [7, 11) is 0. The molecule has 1 aromatic rings. The molecular weight excluding hydrogens is 222 g/mol. The average Bonchev–Trinajstić information content (AvgIpc) is 2.75. The van der Waals surface area contributed by atoms with Crippen LogP contribution in [0.15, 0.2) is 12.1 Å². The summed E-state index contributed by atoms with van der Waals surface area (Å²) in [6, 6.07) is 3.55. The van der Waals surface area contributed by atoms with Crippen LogP contribution < -0.4 is 5.32 Å². The van der Waals surface area contributed by atoms with E-state index in [-0.39, 0.29) is 12.5 Å². The molecule has 0 saturated heterocycles. The minimum atomic E-state index is -0.157. The predicted molar refractivity (Wildman–Crippen MR) is 65.5 cm³/mol. The number of hydrogen-bond donors (Lipinski definition) is 2. The number of hydrogen-bond acceptors (Lipinski definition) is 3.